The van der Waals surface area contributed by atoms with E-state index in [0.717, 1.165) is 13.1 Å². The van der Waals surface area contributed by atoms with E-state index in [1.165, 1.54) is 6.92 Å². The molecular formula is C12H22N6O3. The number of aliphatic hydroxyl groups excluding tert-OH is 1. The Balaban J connectivity index is 2.13. The second kappa shape index (κ2) is 6.83. The molecule has 1 aromatic rings. The number of rotatable bonds is 6. The van der Waals surface area contributed by atoms with Crippen LogP contribution in [0.25, 0.3) is 0 Å². The van der Waals surface area contributed by atoms with Gasteiger partial charge in [0.2, 0.25) is 17.8 Å². The fourth-order valence-electron chi connectivity index (χ4n) is 1.79. The summed E-state index contributed by atoms with van der Waals surface area (Å²) in [7, 11) is 1.73. The molecule has 1 aliphatic heterocycles. The maximum atomic E-state index is 9.80. The molecule has 1 unspecified atom stereocenters. The maximum absolute atomic E-state index is 9.80. The topological polar surface area (TPSA) is 116 Å². The number of hydrogen-bond donors (Lipinski definition) is 4. The van der Waals surface area contributed by atoms with Crippen molar-refractivity contribution in [2.75, 3.05) is 62.0 Å². The van der Waals surface area contributed by atoms with Gasteiger partial charge in [0.05, 0.1) is 19.8 Å². The van der Waals surface area contributed by atoms with Gasteiger partial charge in [0.15, 0.2) is 0 Å². The largest absolute Gasteiger partial charge is 0.393 e. The molecule has 1 saturated heterocycles. The number of morpholine rings is 1. The first-order valence-electron chi connectivity index (χ1n) is 6.88. The molecule has 118 valence electrons. The molecule has 1 aliphatic rings. The van der Waals surface area contributed by atoms with Crippen molar-refractivity contribution < 1.29 is 14.9 Å². The van der Waals surface area contributed by atoms with Gasteiger partial charge in [0.1, 0.15) is 5.60 Å². The Morgan fingerprint density at radius 1 is 1.24 bits per heavy atom. The predicted octanol–water partition coefficient (Wildman–Crippen LogP) is -1.09. The zero-order valence-electron chi connectivity index (χ0n) is 12.3. The smallest absolute Gasteiger partial charge is 0.232 e. The molecule has 2 rings (SSSR count). The molecule has 1 fully saturated rings. The Labute approximate surface area is 123 Å². The van der Waals surface area contributed by atoms with Crippen LogP contribution in [0.4, 0.5) is 17.8 Å². The molecule has 9 heteroatoms. The summed E-state index contributed by atoms with van der Waals surface area (Å²) in [5.74, 6) is 1.35. The van der Waals surface area contributed by atoms with Crippen molar-refractivity contribution in [2.24, 2.45) is 0 Å². The fourth-order valence-corrected chi connectivity index (χ4v) is 1.79. The van der Waals surface area contributed by atoms with Crippen LogP contribution in [-0.2, 0) is 4.74 Å². The monoisotopic (exact) mass is 298 g/mol. The van der Waals surface area contributed by atoms with Crippen molar-refractivity contribution in [1.29, 1.82) is 0 Å². The first kappa shape index (κ1) is 15.7. The van der Waals surface area contributed by atoms with Crippen LogP contribution in [0.2, 0.25) is 0 Å². The number of ether oxygens (including phenoxy) is 1. The number of nitrogens with zero attached hydrogens (tertiary/aromatic N) is 4. The molecule has 1 atom stereocenters. The van der Waals surface area contributed by atoms with Gasteiger partial charge in [-0.05, 0) is 6.92 Å². The fraction of sp³-hybridized carbons (Fsp3) is 0.750. The average Bonchev–Trinajstić information content (AvgIpc) is 2.53. The lowest BCUT2D eigenvalue weighted by Gasteiger charge is -2.27. The molecule has 0 bridgehead atoms. The molecule has 0 aliphatic carbocycles. The van der Waals surface area contributed by atoms with Gasteiger partial charge in [-0.15, -0.1) is 0 Å². The predicted molar refractivity (Wildman–Crippen MR) is 78.6 cm³/mol. The van der Waals surface area contributed by atoms with E-state index in [-0.39, 0.29) is 13.2 Å². The summed E-state index contributed by atoms with van der Waals surface area (Å²) >= 11 is 0. The van der Waals surface area contributed by atoms with E-state index in [0.29, 0.717) is 31.1 Å². The molecule has 0 saturated carbocycles. The average molecular weight is 298 g/mol. The minimum Gasteiger partial charge on any atom is -0.393 e. The van der Waals surface area contributed by atoms with Crippen LogP contribution in [0.3, 0.4) is 0 Å². The van der Waals surface area contributed by atoms with Crippen LogP contribution in [0.1, 0.15) is 6.92 Å². The summed E-state index contributed by atoms with van der Waals surface area (Å²) in [5.41, 5.74) is -1.23. The van der Waals surface area contributed by atoms with Gasteiger partial charge in [-0.1, -0.05) is 0 Å². The third kappa shape index (κ3) is 4.38. The highest BCUT2D eigenvalue weighted by atomic mass is 16.5. The molecular weight excluding hydrogens is 276 g/mol. The molecule has 21 heavy (non-hydrogen) atoms. The zero-order chi connectivity index (χ0) is 15.3. The highest BCUT2D eigenvalue weighted by Crippen LogP contribution is 2.15. The third-order valence-electron chi connectivity index (χ3n) is 3.11. The Morgan fingerprint density at radius 3 is 2.52 bits per heavy atom. The summed E-state index contributed by atoms with van der Waals surface area (Å²) in [4.78, 5) is 14.9. The van der Waals surface area contributed by atoms with Gasteiger partial charge in [-0.3, -0.25) is 0 Å². The lowest BCUT2D eigenvalue weighted by molar-refractivity contribution is 0.0131. The Morgan fingerprint density at radius 2 is 1.90 bits per heavy atom. The lowest BCUT2D eigenvalue weighted by atomic mass is 10.1. The summed E-state index contributed by atoms with van der Waals surface area (Å²) < 4.78 is 5.31. The van der Waals surface area contributed by atoms with Crippen LogP contribution < -0.4 is 15.5 Å². The molecule has 0 amide bonds. The molecule has 9 nitrogen and oxygen atoms in total. The van der Waals surface area contributed by atoms with Gasteiger partial charge in [0.25, 0.3) is 0 Å². The number of hydrogen-bond acceptors (Lipinski definition) is 9. The molecule has 1 aromatic heterocycles. The minimum absolute atomic E-state index is 0.138. The Kier molecular flexibility index (Phi) is 5.10. The minimum atomic E-state index is -1.23. The Hall–Kier alpha value is -1.71. The van der Waals surface area contributed by atoms with E-state index in [1.54, 1.807) is 7.05 Å². The van der Waals surface area contributed by atoms with E-state index >= 15 is 0 Å². The zero-order valence-corrected chi connectivity index (χ0v) is 12.3. The van der Waals surface area contributed by atoms with Crippen LogP contribution in [-0.4, -0.2) is 77.3 Å². The van der Waals surface area contributed by atoms with Gasteiger partial charge in [-0.2, -0.15) is 15.0 Å². The second-order valence-corrected chi connectivity index (χ2v) is 5.14. The van der Waals surface area contributed by atoms with Gasteiger partial charge >= 0.3 is 0 Å². The molecule has 4 N–H and O–H groups in total. The van der Waals surface area contributed by atoms with E-state index < -0.39 is 5.60 Å². The van der Waals surface area contributed by atoms with E-state index in [2.05, 4.69) is 25.6 Å². The van der Waals surface area contributed by atoms with E-state index in [4.69, 9.17) is 9.84 Å². The normalized spacial score (nSPS) is 18.2. The van der Waals surface area contributed by atoms with Crippen LogP contribution in [0, 0.1) is 0 Å². The summed E-state index contributed by atoms with van der Waals surface area (Å²) in [5, 5.41) is 24.7. The van der Waals surface area contributed by atoms with Crippen molar-refractivity contribution >= 4 is 17.8 Å². The van der Waals surface area contributed by atoms with E-state index in [9.17, 15) is 5.11 Å². The first-order chi connectivity index (χ1) is 10.0. The maximum Gasteiger partial charge on any atom is 0.232 e. The summed E-state index contributed by atoms with van der Waals surface area (Å²) in [6, 6.07) is 0. The highest BCUT2D eigenvalue weighted by molar-refractivity contribution is 5.43. The standard InChI is InChI=1S/C12H22N6O3/c1-12(20,8-19)7-14-10-15-9(13-2)16-11(17-10)18-3-5-21-6-4-18/h19-20H,3-8H2,1-2H3,(H2,13,14,15,16,17). The molecule has 0 aromatic carbocycles. The van der Waals surface area contributed by atoms with Crippen molar-refractivity contribution in [3.8, 4) is 0 Å². The van der Waals surface area contributed by atoms with Crippen molar-refractivity contribution in [3.05, 3.63) is 0 Å². The molecule has 0 radical (unpaired) electrons. The van der Waals surface area contributed by atoms with Crippen molar-refractivity contribution in [2.45, 2.75) is 12.5 Å². The second-order valence-electron chi connectivity index (χ2n) is 5.14. The SMILES string of the molecule is CNc1nc(NCC(C)(O)CO)nc(N2CCOCC2)n1. The summed E-state index contributed by atoms with van der Waals surface area (Å²) in [6.07, 6.45) is 0. The van der Waals surface area contributed by atoms with Crippen LogP contribution >= 0.6 is 0 Å². The number of aliphatic hydroxyl groups is 2. The van der Waals surface area contributed by atoms with Gasteiger partial charge < -0.3 is 30.5 Å². The lowest BCUT2D eigenvalue weighted by Crippen LogP contribution is -2.39. The van der Waals surface area contributed by atoms with Gasteiger partial charge in [-0.25, -0.2) is 0 Å². The molecule has 0 spiro atoms. The molecule has 2 heterocycles. The van der Waals surface area contributed by atoms with Crippen LogP contribution in [0.5, 0.6) is 0 Å². The highest BCUT2D eigenvalue weighted by Gasteiger charge is 2.20. The third-order valence-corrected chi connectivity index (χ3v) is 3.11. The summed E-state index contributed by atoms with van der Waals surface area (Å²) in [6.45, 7) is 4.05. The quantitative estimate of drug-likeness (QED) is 0.519. The Bertz CT molecular complexity index is 464. The van der Waals surface area contributed by atoms with Crippen LogP contribution in [0.15, 0.2) is 0 Å². The van der Waals surface area contributed by atoms with Crippen molar-refractivity contribution in [3.63, 3.8) is 0 Å². The van der Waals surface area contributed by atoms with Gasteiger partial charge in [0, 0.05) is 26.7 Å². The van der Waals surface area contributed by atoms with E-state index in [1.807, 2.05) is 4.90 Å². The first-order valence-corrected chi connectivity index (χ1v) is 6.88. The number of anilines is 3. The number of aromatic nitrogens is 3. The number of nitrogens with one attached hydrogen (secondary N) is 2. The van der Waals surface area contributed by atoms with Crippen molar-refractivity contribution in [1.82, 2.24) is 15.0 Å².